The van der Waals surface area contributed by atoms with Gasteiger partial charge in [0.05, 0.1) is 25.8 Å². The summed E-state index contributed by atoms with van der Waals surface area (Å²) in [5.74, 6) is 1.54. The molecule has 2 aliphatic heterocycles. The van der Waals surface area contributed by atoms with Crippen LogP contribution >= 0.6 is 0 Å². The average molecular weight is 481 g/mol. The van der Waals surface area contributed by atoms with E-state index >= 15 is 0 Å². The Labute approximate surface area is 194 Å². The molecule has 0 bridgehead atoms. The Bertz CT molecular complexity index is 1010. The number of carbonyl (C=O) groups is 1. The first-order valence-electron chi connectivity index (χ1n) is 11.3. The number of nitrogens with zero attached hydrogens (tertiary/aromatic N) is 2. The van der Waals surface area contributed by atoms with E-state index in [-0.39, 0.29) is 37.0 Å². The largest absolute Gasteiger partial charge is 0.491 e. The molecule has 2 atom stereocenters. The van der Waals surface area contributed by atoms with Crippen molar-refractivity contribution in [3.8, 4) is 11.6 Å². The van der Waals surface area contributed by atoms with Crippen molar-refractivity contribution in [2.24, 2.45) is 5.92 Å². The number of rotatable bonds is 9. The van der Waals surface area contributed by atoms with Crippen LogP contribution in [-0.4, -0.2) is 60.4 Å². The van der Waals surface area contributed by atoms with Crippen molar-refractivity contribution in [3.05, 3.63) is 41.1 Å². The Morgan fingerprint density at radius 3 is 2.82 bits per heavy atom. The van der Waals surface area contributed by atoms with Crippen LogP contribution in [0, 0.1) is 5.92 Å². The maximum absolute atomic E-state index is 12.7. The summed E-state index contributed by atoms with van der Waals surface area (Å²) in [5.41, 5.74) is 1.67. The Kier molecular flexibility index (Phi) is 6.39. The van der Waals surface area contributed by atoms with Gasteiger partial charge in [0.25, 0.3) is 5.91 Å². The van der Waals surface area contributed by atoms with Gasteiger partial charge in [0, 0.05) is 12.7 Å². The lowest BCUT2D eigenvalue weighted by atomic mass is 10.0. The SMILES string of the molecule is O=C(N[C@H]1COc2ccc(COCC(F)(F)F)cc2C1)c1cc2n(n1)C[C@H](COCC1CC1)O2. The minimum Gasteiger partial charge on any atom is -0.491 e. The Morgan fingerprint density at radius 2 is 2.06 bits per heavy atom. The van der Waals surface area contributed by atoms with Crippen molar-refractivity contribution < 1.29 is 36.9 Å². The second-order valence-electron chi connectivity index (χ2n) is 9.01. The molecule has 0 radical (unpaired) electrons. The van der Waals surface area contributed by atoms with Crippen LogP contribution in [0.2, 0.25) is 0 Å². The maximum atomic E-state index is 12.7. The number of hydrogen-bond acceptors (Lipinski definition) is 6. The molecule has 0 saturated heterocycles. The van der Waals surface area contributed by atoms with E-state index in [4.69, 9.17) is 18.9 Å². The third-order valence-electron chi connectivity index (χ3n) is 5.89. The molecule has 1 aromatic heterocycles. The third-order valence-corrected chi connectivity index (χ3v) is 5.89. The number of carbonyl (C=O) groups excluding carboxylic acids is 1. The van der Waals surface area contributed by atoms with Crippen molar-refractivity contribution in [1.29, 1.82) is 0 Å². The van der Waals surface area contributed by atoms with E-state index in [0.29, 0.717) is 42.7 Å². The van der Waals surface area contributed by atoms with Gasteiger partial charge in [0.15, 0.2) is 5.69 Å². The number of nitrogens with one attached hydrogen (secondary N) is 1. The molecule has 5 rings (SSSR count). The first kappa shape index (κ1) is 23.0. The van der Waals surface area contributed by atoms with Crippen LogP contribution in [0.5, 0.6) is 11.6 Å². The van der Waals surface area contributed by atoms with Gasteiger partial charge in [-0.2, -0.15) is 18.3 Å². The van der Waals surface area contributed by atoms with Crippen LogP contribution in [0.3, 0.4) is 0 Å². The molecule has 184 valence electrons. The first-order chi connectivity index (χ1) is 16.3. The highest BCUT2D eigenvalue weighted by Gasteiger charge is 2.30. The molecule has 1 saturated carbocycles. The minimum atomic E-state index is -4.37. The number of halogens is 3. The summed E-state index contributed by atoms with van der Waals surface area (Å²) in [4.78, 5) is 12.7. The van der Waals surface area contributed by atoms with Crippen molar-refractivity contribution in [3.63, 3.8) is 0 Å². The molecule has 1 N–H and O–H groups in total. The molecule has 0 unspecified atom stereocenters. The van der Waals surface area contributed by atoms with E-state index in [2.05, 4.69) is 10.4 Å². The fourth-order valence-corrected chi connectivity index (χ4v) is 4.05. The number of alkyl halides is 3. The summed E-state index contributed by atoms with van der Waals surface area (Å²) < 4.78 is 60.5. The molecule has 3 aliphatic rings. The predicted octanol–water partition coefficient (Wildman–Crippen LogP) is 2.88. The van der Waals surface area contributed by atoms with E-state index in [1.807, 2.05) is 0 Å². The minimum absolute atomic E-state index is 0.101. The van der Waals surface area contributed by atoms with Crippen LogP contribution in [-0.2, 0) is 29.0 Å². The molecule has 2 aromatic rings. The van der Waals surface area contributed by atoms with Gasteiger partial charge >= 0.3 is 6.18 Å². The quantitative estimate of drug-likeness (QED) is 0.593. The van der Waals surface area contributed by atoms with Gasteiger partial charge < -0.3 is 24.3 Å². The predicted molar refractivity (Wildman–Crippen MR) is 113 cm³/mol. The number of amides is 1. The van der Waals surface area contributed by atoms with Gasteiger partial charge in [0.1, 0.15) is 25.1 Å². The zero-order valence-electron chi connectivity index (χ0n) is 18.5. The number of aromatic nitrogens is 2. The van der Waals surface area contributed by atoms with E-state index in [1.54, 1.807) is 28.9 Å². The number of hydrogen-bond donors (Lipinski definition) is 1. The lowest BCUT2D eigenvalue weighted by molar-refractivity contribution is -0.176. The van der Waals surface area contributed by atoms with Crippen LogP contribution in [0.4, 0.5) is 13.2 Å². The Balaban J connectivity index is 1.12. The zero-order valence-corrected chi connectivity index (χ0v) is 18.5. The maximum Gasteiger partial charge on any atom is 0.411 e. The molecular weight excluding hydrogens is 455 g/mol. The van der Waals surface area contributed by atoms with Crippen LogP contribution in [0.15, 0.2) is 24.3 Å². The average Bonchev–Trinajstić information content (AvgIpc) is 3.39. The number of ether oxygens (including phenoxy) is 4. The van der Waals surface area contributed by atoms with Gasteiger partial charge in [-0.05, 0) is 48.4 Å². The molecular formula is C23H26F3N3O5. The van der Waals surface area contributed by atoms with Gasteiger partial charge in [-0.15, -0.1) is 0 Å². The van der Waals surface area contributed by atoms with Crippen molar-refractivity contribution in [1.82, 2.24) is 15.1 Å². The molecule has 34 heavy (non-hydrogen) atoms. The summed E-state index contributed by atoms with van der Waals surface area (Å²) in [6.45, 7) is 0.635. The Morgan fingerprint density at radius 1 is 1.21 bits per heavy atom. The van der Waals surface area contributed by atoms with Gasteiger partial charge in [-0.25, -0.2) is 4.68 Å². The lowest BCUT2D eigenvalue weighted by Crippen LogP contribution is -2.43. The molecule has 1 aromatic carbocycles. The van der Waals surface area contributed by atoms with Crippen molar-refractivity contribution in [2.45, 2.75) is 50.7 Å². The van der Waals surface area contributed by atoms with Crippen LogP contribution in [0.1, 0.15) is 34.5 Å². The van der Waals surface area contributed by atoms with Crippen molar-refractivity contribution >= 4 is 5.91 Å². The van der Waals surface area contributed by atoms with Gasteiger partial charge in [0.2, 0.25) is 5.88 Å². The Hall–Kier alpha value is -2.79. The highest BCUT2D eigenvalue weighted by Crippen LogP contribution is 2.30. The lowest BCUT2D eigenvalue weighted by Gasteiger charge is -2.26. The second kappa shape index (κ2) is 9.46. The van der Waals surface area contributed by atoms with Gasteiger partial charge in [-0.3, -0.25) is 4.79 Å². The third kappa shape index (κ3) is 5.82. The monoisotopic (exact) mass is 481 g/mol. The summed E-state index contributed by atoms with van der Waals surface area (Å²) >= 11 is 0. The molecule has 1 amide bonds. The highest BCUT2D eigenvalue weighted by atomic mass is 19.4. The first-order valence-corrected chi connectivity index (χ1v) is 11.3. The van der Waals surface area contributed by atoms with Crippen molar-refractivity contribution in [2.75, 3.05) is 26.4 Å². The number of fused-ring (bicyclic) bond motifs is 2. The molecule has 1 fully saturated rings. The van der Waals surface area contributed by atoms with Crippen LogP contribution < -0.4 is 14.8 Å². The van der Waals surface area contributed by atoms with Gasteiger partial charge in [-0.1, -0.05) is 6.07 Å². The standard InChI is InChI=1S/C23H26F3N3O5/c24-23(25,26)13-32-10-15-3-4-20-16(5-15)6-17(11-33-20)27-22(30)19-7-21-29(28-19)8-18(34-21)12-31-9-14-1-2-14/h3-5,7,14,17-18H,1-2,6,8-13H2,(H,27,30)/t17-,18-/m1/s1. The van der Waals surface area contributed by atoms with E-state index in [9.17, 15) is 18.0 Å². The summed E-state index contributed by atoms with van der Waals surface area (Å²) in [6, 6.07) is 6.44. The second-order valence-corrected chi connectivity index (χ2v) is 9.01. The van der Waals surface area contributed by atoms with E-state index < -0.39 is 12.8 Å². The van der Waals surface area contributed by atoms with E-state index in [1.165, 1.54) is 12.8 Å². The molecule has 0 spiro atoms. The summed E-state index contributed by atoms with van der Waals surface area (Å²) in [5, 5.41) is 7.26. The summed E-state index contributed by atoms with van der Waals surface area (Å²) in [6.07, 6.45) is -1.51. The zero-order chi connectivity index (χ0) is 23.7. The smallest absolute Gasteiger partial charge is 0.411 e. The van der Waals surface area contributed by atoms with E-state index in [0.717, 1.165) is 12.2 Å². The normalized spacial score (nSPS) is 21.4. The summed E-state index contributed by atoms with van der Waals surface area (Å²) in [7, 11) is 0. The highest BCUT2D eigenvalue weighted by molar-refractivity contribution is 5.92. The fraction of sp³-hybridized carbons (Fsp3) is 0.565. The fourth-order valence-electron chi connectivity index (χ4n) is 4.05. The topological polar surface area (TPSA) is 83.8 Å². The molecule has 3 heterocycles. The number of benzene rings is 1. The molecule has 11 heteroatoms. The van der Waals surface area contributed by atoms with Crippen LogP contribution in [0.25, 0.3) is 0 Å². The molecule has 8 nitrogen and oxygen atoms in total. The molecule has 1 aliphatic carbocycles.